The van der Waals surface area contributed by atoms with E-state index in [-0.39, 0.29) is 0 Å². The molecule has 2 N–H and O–H groups in total. The summed E-state index contributed by atoms with van der Waals surface area (Å²) in [5, 5.41) is 0. The van der Waals surface area contributed by atoms with Crippen molar-refractivity contribution >= 4 is 17.3 Å². The van der Waals surface area contributed by atoms with E-state index >= 15 is 0 Å². The summed E-state index contributed by atoms with van der Waals surface area (Å²) >= 11 is 5.68. The number of rotatable bonds is 2. The van der Waals surface area contributed by atoms with E-state index in [4.69, 9.17) is 17.3 Å². The van der Waals surface area contributed by atoms with Crippen molar-refractivity contribution in [3.8, 4) is 0 Å². The number of anilines is 1. The van der Waals surface area contributed by atoms with Crippen molar-refractivity contribution in [2.24, 2.45) is 0 Å². The van der Waals surface area contributed by atoms with Crippen LogP contribution in [0.2, 0.25) is 0 Å². The molecule has 1 nitrogen and oxygen atoms in total. The van der Waals surface area contributed by atoms with Gasteiger partial charge >= 0.3 is 0 Å². The third kappa shape index (κ3) is 1.92. The molecule has 0 fully saturated rings. The van der Waals surface area contributed by atoms with E-state index in [2.05, 4.69) is 19.9 Å². The summed E-state index contributed by atoms with van der Waals surface area (Å²) in [6.07, 6.45) is 0. The van der Waals surface area contributed by atoms with Gasteiger partial charge in [0, 0.05) is 11.6 Å². The van der Waals surface area contributed by atoms with Gasteiger partial charge in [-0.2, -0.15) is 0 Å². The van der Waals surface area contributed by atoms with Crippen LogP contribution < -0.4 is 5.73 Å². The molecule has 1 aromatic carbocycles. The Labute approximate surface area is 78.5 Å². The number of hydrogen-bond donors (Lipinski definition) is 1. The topological polar surface area (TPSA) is 26.0 Å². The van der Waals surface area contributed by atoms with Gasteiger partial charge in [0.05, 0.1) is 0 Å². The molecule has 0 saturated heterocycles. The fourth-order valence-electron chi connectivity index (χ4n) is 1.23. The second-order valence-electron chi connectivity index (χ2n) is 3.25. The van der Waals surface area contributed by atoms with E-state index in [1.54, 1.807) is 0 Å². The molecule has 0 heterocycles. The van der Waals surface area contributed by atoms with E-state index < -0.39 is 0 Å². The maximum Gasteiger partial charge on any atom is 0.0474 e. The number of hydrogen-bond acceptors (Lipinski definition) is 1. The van der Waals surface area contributed by atoms with Crippen LogP contribution in [0.1, 0.15) is 30.9 Å². The third-order valence-electron chi connectivity index (χ3n) is 1.93. The Hall–Kier alpha value is -0.690. The number of nitrogen functional groups attached to an aromatic ring is 1. The van der Waals surface area contributed by atoms with Crippen molar-refractivity contribution in [2.75, 3.05) is 5.73 Å². The first kappa shape index (κ1) is 9.40. The second kappa shape index (κ2) is 3.81. The van der Waals surface area contributed by atoms with Gasteiger partial charge in [-0.25, -0.2) is 0 Å². The summed E-state index contributed by atoms with van der Waals surface area (Å²) in [5.41, 5.74) is 8.97. The van der Waals surface area contributed by atoms with Crippen molar-refractivity contribution in [3.63, 3.8) is 0 Å². The molecule has 0 saturated carbocycles. The second-order valence-corrected chi connectivity index (χ2v) is 3.52. The van der Waals surface area contributed by atoms with Crippen molar-refractivity contribution in [1.29, 1.82) is 0 Å². The van der Waals surface area contributed by atoms with Crippen LogP contribution >= 0.6 is 11.6 Å². The fraction of sp³-hybridized carbons (Fsp3) is 0.400. The van der Waals surface area contributed by atoms with Crippen LogP contribution in [-0.4, -0.2) is 0 Å². The van der Waals surface area contributed by atoms with Crippen LogP contribution in [0.4, 0.5) is 5.69 Å². The maximum atomic E-state index is 5.84. The van der Waals surface area contributed by atoms with Crippen LogP contribution in [0.15, 0.2) is 18.2 Å². The molecule has 0 spiro atoms. The molecule has 0 amide bonds. The first-order chi connectivity index (χ1) is 5.65. The molecular weight excluding hydrogens is 170 g/mol. The Morgan fingerprint density at radius 2 is 2.08 bits per heavy atom. The largest absolute Gasteiger partial charge is 0.398 e. The van der Waals surface area contributed by atoms with Crippen molar-refractivity contribution in [1.82, 2.24) is 0 Å². The summed E-state index contributed by atoms with van der Waals surface area (Å²) in [4.78, 5) is 0. The lowest BCUT2D eigenvalue weighted by Crippen LogP contribution is -1.96. The van der Waals surface area contributed by atoms with Crippen LogP contribution in [0.3, 0.4) is 0 Å². The summed E-state index contributed by atoms with van der Waals surface area (Å²) in [6, 6.07) is 6.03. The highest BCUT2D eigenvalue weighted by Crippen LogP contribution is 2.23. The molecule has 0 aliphatic heterocycles. The summed E-state index contributed by atoms with van der Waals surface area (Å²) in [5.74, 6) is 1.01. The molecule has 0 atom stereocenters. The predicted octanol–water partition coefficient (Wildman–Crippen LogP) is 3.13. The molecular formula is C10H14ClN. The van der Waals surface area contributed by atoms with Gasteiger partial charge < -0.3 is 5.73 Å². The Morgan fingerprint density at radius 3 is 2.50 bits per heavy atom. The van der Waals surface area contributed by atoms with Gasteiger partial charge in [-0.3, -0.25) is 0 Å². The lowest BCUT2D eigenvalue weighted by molar-refractivity contribution is 0.869. The zero-order valence-electron chi connectivity index (χ0n) is 7.47. The minimum absolute atomic E-state index is 0.481. The molecule has 2 heteroatoms. The smallest absolute Gasteiger partial charge is 0.0474 e. The van der Waals surface area contributed by atoms with Gasteiger partial charge in [0.1, 0.15) is 0 Å². The Balaban J connectivity index is 3.03. The van der Waals surface area contributed by atoms with Crippen LogP contribution in [0.25, 0.3) is 0 Å². The van der Waals surface area contributed by atoms with Crippen LogP contribution in [0.5, 0.6) is 0 Å². The van der Waals surface area contributed by atoms with Crippen molar-refractivity contribution in [3.05, 3.63) is 29.3 Å². The molecule has 12 heavy (non-hydrogen) atoms. The number of halogens is 1. The normalized spacial score (nSPS) is 10.7. The molecule has 0 bridgehead atoms. The quantitative estimate of drug-likeness (QED) is 0.554. The Morgan fingerprint density at radius 1 is 1.42 bits per heavy atom. The van der Waals surface area contributed by atoms with E-state index in [1.807, 2.05) is 12.1 Å². The molecule has 1 aromatic rings. The molecule has 1 rings (SSSR count). The van der Waals surface area contributed by atoms with Crippen molar-refractivity contribution in [2.45, 2.75) is 25.6 Å². The molecule has 66 valence electrons. The summed E-state index contributed by atoms with van der Waals surface area (Å²) in [7, 11) is 0. The average molecular weight is 184 g/mol. The van der Waals surface area contributed by atoms with Crippen LogP contribution in [-0.2, 0) is 5.88 Å². The summed E-state index contributed by atoms with van der Waals surface area (Å²) in [6.45, 7) is 4.26. The maximum absolute atomic E-state index is 5.84. The van der Waals surface area contributed by atoms with Gasteiger partial charge in [0.15, 0.2) is 0 Å². The third-order valence-corrected chi connectivity index (χ3v) is 2.24. The van der Waals surface area contributed by atoms with Crippen molar-refractivity contribution < 1.29 is 0 Å². The zero-order valence-corrected chi connectivity index (χ0v) is 8.23. The molecule has 0 radical (unpaired) electrons. The number of nitrogens with two attached hydrogens (primary N) is 1. The Kier molecular flexibility index (Phi) is 2.99. The van der Waals surface area contributed by atoms with E-state index in [0.29, 0.717) is 11.8 Å². The molecule has 0 aliphatic carbocycles. The van der Waals surface area contributed by atoms with Gasteiger partial charge in [0.25, 0.3) is 0 Å². The lowest BCUT2D eigenvalue weighted by atomic mass is 10.00. The van der Waals surface area contributed by atoms with E-state index in [9.17, 15) is 0 Å². The van der Waals surface area contributed by atoms with E-state index in [1.165, 1.54) is 5.56 Å². The highest BCUT2D eigenvalue weighted by Gasteiger charge is 2.03. The summed E-state index contributed by atoms with van der Waals surface area (Å²) < 4.78 is 0. The zero-order chi connectivity index (χ0) is 9.14. The first-order valence-electron chi connectivity index (χ1n) is 4.09. The first-order valence-corrected chi connectivity index (χ1v) is 4.63. The van der Waals surface area contributed by atoms with E-state index in [0.717, 1.165) is 11.3 Å². The van der Waals surface area contributed by atoms with Gasteiger partial charge in [0.2, 0.25) is 0 Å². The minimum Gasteiger partial charge on any atom is -0.398 e. The lowest BCUT2D eigenvalue weighted by Gasteiger charge is -2.09. The van der Waals surface area contributed by atoms with Gasteiger partial charge in [-0.15, -0.1) is 11.6 Å². The highest BCUT2D eigenvalue weighted by atomic mass is 35.5. The minimum atomic E-state index is 0.481. The highest BCUT2D eigenvalue weighted by molar-refractivity contribution is 6.17. The average Bonchev–Trinajstić information content (AvgIpc) is 2.03. The SMILES string of the molecule is CC(C)c1ccc(CCl)cc1N. The number of benzene rings is 1. The van der Waals surface area contributed by atoms with Gasteiger partial charge in [-0.1, -0.05) is 26.0 Å². The standard InChI is InChI=1S/C10H14ClN/c1-7(2)9-4-3-8(6-11)5-10(9)12/h3-5,7H,6,12H2,1-2H3. The molecule has 0 aromatic heterocycles. The van der Waals surface area contributed by atoms with Crippen LogP contribution in [0, 0.1) is 0 Å². The molecule has 0 unspecified atom stereocenters. The predicted molar refractivity (Wildman–Crippen MR) is 54.5 cm³/mol. The van der Waals surface area contributed by atoms with Gasteiger partial charge in [-0.05, 0) is 23.1 Å². The Bertz CT molecular complexity index is 269. The monoisotopic (exact) mass is 183 g/mol. The fourth-order valence-corrected chi connectivity index (χ4v) is 1.40. The number of alkyl halides is 1. The molecule has 0 aliphatic rings.